The van der Waals surface area contributed by atoms with Gasteiger partial charge in [-0.05, 0) is 44.1 Å². The largest absolute Gasteiger partial charge is 0.361 e. The fourth-order valence-corrected chi connectivity index (χ4v) is 3.02. The second-order valence-corrected chi connectivity index (χ2v) is 4.95. The van der Waals surface area contributed by atoms with E-state index in [1.807, 2.05) is 12.1 Å². The predicted molar refractivity (Wildman–Crippen MR) is 67.9 cm³/mol. The molecule has 1 unspecified atom stereocenters. The molecule has 0 amide bonds. The van der Waals surface area contributed by atoms with E-state index in [1.54, 1.807) is 0 Å². The molecule has 1 aromatic heterocycles. The molecule has 2 aromatic rings. The normalized spacial score (nSPS) is 22.0. The summed E-state index contributed by atoms with van der Waals surface area (Å²) in [5, 5.41) is 2.05. The van der Waals surface area contributed by atoms with Gasteiger partial charge in [0.05, 0.1) is 5.02 Å². The van der Waals surface area contributed by atoms with E-state index in [1.165, 1.54) is 30.3 Å². The number of likely N-dealkylation sites (tertiary alicyclic amines) is 1. The van der Waals surface area contributed by atoms with Crippen molar-refractivity contribution < 1.29 is 0 Å². The van der Waals surface area contributed by atoms with E-state index in [4.69, 9.17) is 11.6 Å². The van der Waals surface area contributed by atoms with Crippen LogP contribution >= 0.6 is 11.6 Å². The number of fused-ring (bicyclic) bond motifs is 1. The first-order valence-electron chi connectivity index (χ1n) is 5.73. The summed E-state index contributed by atoms with van der Waals surface area (Å²) in [5.41, 5.74) is 2.49. The van der Waals surface area contributed by atoms with Gasteiger partial charge in [0.2, 0.25) is 0 Å². The molecular formula is C13H15ClN2. The molecule has 1 aromatic carbocycles. The second kappa shape index (κ2) is 3.79. The van der Waals surface area contributed by atoms with Crippen LogP contribution in [0.15, 0.2) is 24.4 Å². The molecule has 0 spiro atoms. The van der Waals surface area contributed by atoms with Gasteiger partial charge in [-0.15, -0.1) is 0 Å². The monoisotopic (exact) mass is 234 g/mol. The van der Waals surface area contributed by atoms with Gasteiger partial charge in [0, 0.05) is 23.1 Å². The lowest BCUT2D eigenvalue weighted by molar-refractivity contribution is 0.319. The van der Waals surface area contributed by atoms with Gasteiger partial charge in [0.25, 0.3) is 0 Å². The summed E-state index contributed by atoms with van der Waals surface area (Å²) in [6, 6.07) is 6.56. The number of aromatic amines is 1. The Bertz CT molecular complexity index is 518. The highest BCUT2D eigenvalue weighted by Gasteiger charge is 2.25. The van der Waals surface area contributed by atoms with Crippen LogP contribution in [-0.4, -0.2) is 23.5 Å². The van der Waals surface area contributed by atoms with Crippen molar-refractivity contribution in [3.05, 3.63) is 35.0 Å². The summed E-state index contributed by atoms with van der Waals surface area (Å²) in [7, 11) is 2.19. The minimum atomic E-state index is 0.522. The molecule has 0 saturated carbocycles. The highest BCUT2D eigenvalue weighted by Crippen LogP contribution is 2.37. The van der Waals surface area contributed by atoms with Crippen molar-refractivity contribution in [2.75, 3.05) is 13.6 Å². The first-order valence-corrected chi connectivity index (χ1v) is 6.11. The summed E-state index contributed by atoms with van der Waals surface area (Å²) in [4.78, 5) is 5.72. The lowest BCUT2D eigenvalue weighted by atomic mass is 10.0. The van der Waals surface area contributed by atoms with Gasteiger partial charge in [-0.3, -0.25) is 4.90 Å². The van der Waals surface area contributed by atoms with Gasteiger partial charge in [0.15, 0.2) is 0 Å². The van der Waals surface area contributed by atoms with Crippen molar-refractivity contribution in [2.45, 2.75) is 18.9 Å². The maximum atomic E-state index is 6.29. The number of halogens is 1. The quantitative estimate of drug-likeness (QED) is 0.799. The molecule has 1 aliphatic rings. The van der Waals surface area contributed by atoms with E-state index >= 15 is 0 Å². The number of H-pyrrole nitrogens is 1. The minimum absolute atomic E-state index is 0.522. The molecular weight excluding hydrogens is 220 g/mol. The Morgan fingerprint density at radius 1 is 1.44 bits per heavy atom. The van der Waals surface area contributed by atoms with Gasteiger partial charge in [-0.25, -0.2) is 0 Å². The standard InChI is InChI=1S/C13H15ClN2/c1-16-7-3-6-12(16)9-8-15-11-5-2-4-10(14)13(9)11/h2,4-5,8,12,15H,3,6-7H2,1H3. The molecule has 3 heteroatoms. The maximum absolute atomic E-state index is 6.29. The molecule has 1 aliphatic heterocycles. The number of hydrogen-bond donors (Lipinski definition) is 1. The fraction of sp³-hybridized carbons (Fsp3) is 0.385. The van der Waals surface area contributed by atoms with Gasteiger partial charge >= 0.3 is 0 Å². The number of nitrogens with one attached hydrogen (secondary N) is 1. The third kappa shape index (κ3) is 1.45. The average molecular weight is 235 g/mol. The summed E-state index contributed by atoms with van der Waals surface area (Å²) in [5.74, 6) is 0. The van der Waals surface area contributed by atoms with Crippen molar-refractivity contribution in [1.82, 2.24) is 9.88 Å². The zero-order chi connectivity index (χ0) is 11.1. The van der Waals surface area contributed by atoms with E-state index < -0.39 is 0 Å². The SMILES string of the molecule is CN1CCCC1c1c[nH]c2cccc(Cl)c12. The van der Waals surface area contributed by atoms with E-state index in [2.05, 4.69) is 29.2 Å². The smallest absolute Gasteiger partial charge is 0.0503 e. The summed E-state index contributed by atoms with van der Waals surface area (Å²) < 4.78 is 0. The average Bonchev–Trinajstić information content (AvgIpc) is 2.84. The molecule has 1 atom stereocenters. The number of aromatic nitrogens is 1. The lowest BCUT2D eigenvalue weighted by Gasteiger charge is -2.19. The Labute approximate surface area is 100 Å². The zero-order valence-corrected chi connectivity index (χ0v) is 10.1. The van der Waals surface area contributed by atoms with Crippen LogP contribution in [0.1, 0.15) is 24.4 Å². The van der Waals surface area contributed by atoms with Crippen LogP contribution in [0.5, 0.6) is 0 Å². The van der Waals surface area contributed by atoms with Gasteiger partial charge in [-0.1, -0.05) is 17.7 Å². The van der Waals surface area contributed by atoms with Crippen LogP contribution < -0.4 is 0 Å². The van der Waals surface area contributed by atoms with Crippen LogP contribution in [0.25, 0.3) is 10.9 Å². The van der Waals surface area contributed by atoms with E-state index in [9.17, 15) is 0 Å². The van der Waals surface area contributed by atoms with Crippen LogP contribution in [0, 0.1) is 0 Å². The Balaban J connectivity index is 2.16. The first-order chi connectivity index (χ1) is 7.77. The first kappa shape index (κ1) is 10.2. The van der Waals surface area contributed by atoms with Crippen LogP contribution in [0.4, 0.5) is 0 Å². The highest BCUT2D eigenvalue weighted by molar-refractivity contribution is 6.35. The highest BCUT2D eigenvalue weighted by atomic mass is 35.5. The molecule has 2 heterocycles. The Morgan fingerprint density at radius 3 is 3.06 bits per heavy atom. The number of benzene rings is 1. The molecule has 0 aliphatic carbocycles. The molecule has 2 nitrogen and oxygen atoms in total. The van der Waals surface area contributed by atoms with Crippen molar-refractivity contribution in [3.8, 4) is 0 Å². The van der Waals surface area contributed by atoms with Crippen LogP contribution in [0.2, 0.25) is 5.02 Å². The fourth-order valence-electron chi connectivity index (χ4n) is 2.73. The molecule has 84 valence electrons. The van der Waals surface area contributed by atoms with Crippen molar-refractivity contribution in [1.29, 1.82) is 0 Å². The second-order valence-electron chi connectivity index (χ2n) is 4.55. The molecule has 1 saturated heterocycles. The third-order valence-electron chi connectivity index (χ3n) is 3.56. The zero-order valence-electron chi connectivity index (χ0n) is 9.33. The Hall–Kier alpha value is -0.990. The van der Waals surface area contributed by atoms with Gasteiger partial charge in [-0.2, -0.15) is 0 Å². The number of hydrogen-bond acceptors (Lipinski definition) is 1. The Morgan fingerprint density at radius 2 is 2.31 bits per heavy atom. The molecule has 3 rings (SSSR count). The van der Waals surface area contributed by atoms with E-state index in [0.29, 0.717) is 6.04 Å². The number of nitrogens with zero attached hydrogens (tertiary/aromatic N) is 1. The van der Waals surface area contributed by atoms with E-state index in [0.717, 1.165) is 10.5 Å². The van der Waals surface area contributed by atoms with Crippen molar-refractivity contribution >= 4 is 22.5 Å². The summed E-state index contributed by atoms with van der Waals surface area (Å²) in [6.07, 6.45) is 4.62. The van der Waals surface area contributed by atoms with Crippen molar-refractivity contribution in [3.63, 3.8) is 0 Å². The molecule has 1 fully saturated rings. The van der Waals surface area contributed by atoms with Crippen molar-refractivity contribution in [2.24, 2.45) is 0 Å². The summed E-state index contributed by atoms with van der Waals surface area (Å²) >= 11 is 6.29. The predicted octanol–water partition coefficient (Wildman–Crippen LogP) is 3.59. The molecule has 16 heavy (non-hydrogen) atoms. The van der Waals surface area contributed by atoms with Crippen LogP contribution in [0.3, 0.4) is 0 Å². The van der Waals surface area contributed by atoms with Crippen LogP contribution in [-0.2, 0) is 0 Å². The minimum Gasteiger partial charge on any atom is -0.361 e. The number of rotatable bonds is 1. The summed E-state index contributed by atoms with van der Waals surface area (Å²) in [6.45, 7) is 1.18. The molecule has 1 N–H and O–H groups in total. The topological polar surface area (TPSA) is 19.0 Å². The Kier molecular flexibility index (Phi) is 2.41. The third-order valence-corrected chi connectivity index (χ3v) is 3.88. The lowest BCUT2D eigenvalue weighted by Crippen LogP contribution is -2.17. The van der Waals surface area contributed by atoms with Gasteiger partial charge in [0.1, 0.15) is 0 Å². The maximum Gasteiger partial charge on any atom is 0.0503 e. The molecule has 0 radical (unpaired) electrons. The molecule has 0 bridgehead atoms. The van der Waals surface area contributed by atoms with E-state index in [-0.39, 0.29) is 0 Å². The van der Waals surface area contributed by atoms with Gasteiger partial charge < -0.3 is 4.98 Å².